The minimum Gasteiger partial charge on any atom is -0.469 e. The molecule has 1 aliphatic carbocycles. The van der Waals surface area contributed by atoms with Crippen LogP contribution in [0.25, 0.3) is 0 Å². The van der Waals surface area contributed by atoms with Gasteiger partial charge in [-0.1, -0.05) is 0 Å². The van der Waals surface area contributed by atoms with Crippen molar-refractivity contribution in [1.29, 1.82) is 0 Å². The summed E-state index contributed by atoms with van der Waals surface area (Å²) in [5, 5.41) is 0. The normalized spacial score (nSPS) is 25.9. The molecule has 0 radical (unpaired) electrons. The Labute approximate surface area is 87.7 Å². The molecule has 2 atom stereocenters. The van der Waals surface area contributed by atoms with Crippen molar-refractivity contribution in [3.63, 3.8) is 0 Å². The molecule has 0 amide bonds. The first-order valence-corrected chi connectivity index (χ1v) is 4.77. The van der Waals surface area contributed by atoms with E-state index in [1.807, 2.05) is 0 Å². The molecule has 84 valence electrons. The molecule has 0 unspecified atom stereocenters. The van der Waals surface area contributed by atoms with Crippen molar-refractivity contribution in [2.75, 3.05) is 14.2 Å². The first-order valence-electron chi connectivity index (χ1n) is 4.77. The van der Waals surface area contributed by atoms with E-state index in [1.54, 1.807) is 0 Å². The molecule has 5 nitrogen and oxygen atoms in total. The molecule has 0 spiro atoms. The fourth-order valence-electron chi connectivity index (χ4n) is 1.84. The molecule has 0 heterocycles. The molecule has 1 aliphatic rings. The molecule has 15 heavy (non-hydrogen) atoms. The second-order valence-corrected chi connectivity index (χ2v) is 3.54. The van der Waals surface area contributed by atoms with Crippen LogP contribution in [-0.2, 0) is 23.9 Å². The van der Waals surface area contributed by atoms with Gasteiger partial charge in [0.05, 0.1) is 26.1 Å². The SMILES string of the molecule is COC(=O)[C@H]1CCC(=O)C[C@@H]1C(=O)OC. The van der Waals surface area contributed by atoms with Gasteiger partial charge in [0.15, 0.2) is 0 Å². The Bertz CT molecular complexity index is 284. The highest BCUT2D eigenvalue weighted by atomic mass is 16.5. The molecule has 1 rings (SSSR count). The van der Waals surface area contributed by atoms with Gasteiger partial charge in [-0.2, -0.15) is 0 Å². The number of Topliss-reactive ketones (excluding diaryl/α,β-unsaturated/α-hetero) is 1. The molecule has 0 bridgehead atoms. The number of ether oxygens (including phenoxy) is 2. The number of esters is 2. The van der Waals surface area contributed by atoms with E-state index < -0.39 is 23.8 Å². The molecule has 0 aromatic heterocycles. The monoisotopic (exact) mass is 214 g/mol. The first kappa shape index (κ1) is 11.7. The fraction of sp³-hybridized carbons (Fsp3) is 0.700. The predicted molar refractivity (Wildman–Crippen MR) is 49.9 cm³/mol. The highest BCUT2D eigenvalue weighted by Gasteiger charge is 2.40. The number of methoxy groups -OCH3 is 2. The van der Waals surface area contributed by atoms with Gasteiger partial charge in [-0.05, 0) is 6.42 Å². The highest BCUT2D eigenvalue weighted by Crippen LogP contribution is 2.29. The maximum Gasteiger partial charge on any atom is 0.309 e. The summed E-state index contributed by atoms with van der Waals surface area (Å²) in [6, 6.07) is 0. The quantitative estimate of drug-likeness (QED) is 0.619. The number of hydrogen-bond donors (Lipinski definition) is 0. The molecule has 0 aromatic rings. The Morgan fingerprint density at radius 1 is 1.13 bits per heavy atom. The maximum atomic E-state index is 11.4. The van der Waals surface area contributed by atoms with Gasteiger partial charge in [-0.25, -0.2) is 0 Å². The zero-order chi connectivity index (χ0) is 11.4. The summed E-state index contributed by atoms with van der Waals surface area (Å²) in [5.41, 5.74) is 0. The Balaban J connectivity index is 2.79. The zero-order valence-electron chi connectivity index (χ0n) is 8.82. The topological polar surface area (TPSA) is 69.7 Å². The number of hydrogen-bond acceptors (Lipinski definition) is 5. The van der Waals surface area contributed by atoms with Gasteiger partial charge in [0, 0.05) is 12.8 Å². The van der Waals surface area contributed by atoms with Crippen molar-refractivity contribution in [2.45, 2.75) is 19.3 Å². The van der Waals surface area contributed by atoms with E-state index in [9.17, 15) is 14.4 Å². The molecule has 0 N–H and O–H groups in total. The Kier molecular flexibility index (Phi) is 3.82. The van der Waals surface area contributed by atoms with Crippen LogP contribution in [0.2, 0.25) is 0 Å². The van der Waals surface area contributed by atoms with Crippen LogP contribution < -0.4 is 0 Å². The summed E-state index contributed by atoms with van der Waals surface area (Å²) in [4.78, 5) is 33.9. The molecule has 0 aliphatic heterocycles. The predicted octanol–water partition coefficient (Wildman–Crippen LogP) is 0.318. The van der Waals surface area contributed by atoms with Crippen LogP contribution in [0.1, 0.15) is 19.3 Å². The fourth-order valence-corrected chi connectivity index (χ4v) is 1.84. The number of rotatable bonds is 2. The van der Waals surface area contributed by atoms with Gasteiger partial charge in [-0.15, -0.1) is 0 Å². The minimum absolute atomic E-state index is 0.00875. The standard InChI is InChI=1S/C10H14O5/c1-14-9(12)7-4-3-6(11)5-8(7)10(13)15-2/h7-8H,3-5H2,1-2H3/t7-,8-/m0/s1. The van der Waals surface area contributed by atoms with Gasteiger partial charge in [0.2, 0.25) is 0 Å². The third kappa shape index (κ3) is 2.55. The van der Waals surface area contributed by atoms with Crippen molar-refractivity contribution in [2.24, 2.45) is 11.8 Å². The first-order chi connectivity index (χ1) is 7.10. The number of carbonyl (C=O) groups is 3. The largest absolute Gasteiger partial charge is 0.469 e. The van der Waals surface area contributed by atoms with Crippen LogP contribution in [0.15, 0.2) is 0 Å². The summed E-state index contributed by atoms with van der Waals surface area (Å²) >= 11 is 0. The Hall–Kier alpha value is -1.39. The molecule has 1 fully saturated rings. The van der Waals surface area contributed by atoms with Crippen LogP contribution in [-0.4, -0.2) is 31.9 Å². The van der Waals surface area contributed by atoms with Crippen LogP contribution >= 0.6 is 0 Å². The maximum absolute atomic E-state index is 11.4. The number of carbonyl (C=O) groups excluding carboxylic acids is 3. The average molecular weight is 214 g/mol. The van der Waals surface area contributed by atoms with Crippen molar-refractivity contribution >= 4 is 17.7 Å². The summed E-state index contributed by atoms with van der Waals surface area (Å²) < 4.78 is 9.16. The van der Waals surface area contributed by atoms with Gasteiger partial charge < -0.3 is 9.47 Å². The minimum atomic E-state index is -0.677. The molecule has 1 saturated carbocycles. The van der Waals surface area contributed by atoms with Gasteiger partial charge in [0.1, 0.15) is 5.78 Å². The van der Waals surface area contributed by atoms with E-state index in [1.165, 1.54) is 14.2 Å². The molecular formula is C10H14O5. The third-order valence-electron chi connectivity index (χ3n) is 2.68. The lowest BCUT2D eigenvalue weighted by atomic mass is 9.78. The van der Waals surface area contributed by atoms with Crippen molar-refractivity contribution in [3.05, 3.63) is 0 Å². The second-order valence-electron chi connectivity index (χ2n) is 3.54. The molecule has 0 saturated heterocycles. The lowest BCUT2D eigenvalue weighted by Gasteiger charge is -2.26. The summed E-state index contributed by atoms with van der Waals surface area (Å²) in [6.45, 7) is 0. The van der Waals surface area contributed by atoms with Crippen LogP contribution in [0.4, 0.5) is 0 Å². The lowest BCUT2D eigenvalue weighted by molar-refractivity contribution is -0.160. The number of ketones is 1. The van der Waals surface area contributed by atoms with E-state index in [0.29, 0.717) is 12.8 Å². The van der Waals surface area contributed by atoms with Crippen LogP contribution in [0, 0.1) is 11.8 Å². The van der Waals surface area contributed by atoms with E-state index in [2.05, 4.69) is 9.47 Å². The van der Waals surface area contributed by atoms with Crippen LogP contribution in [0.3, 0.4) is 0 Å². The Morgan fingerprint density at radius 3 is 2.20 bits per heavy atom. The molecular weight excluding hydrogens is 200 g/mol. The molecule has 5 heteroatoms. The van der Waals surface area contributed by atoms with Gasteiger partial charge in [-0.3, -0.25) is 14.4 Å². The second kappa shape index (κ2) is 4.91. The zero-order valence-corrected chi connectivity index (χ0v) is 8.82. The van der Waals surface area contributed by atoms with Crippen molar-refractivity contribution < 1.29 is 23.9 Å². The van der Waals surface area contributed by atoms with Crippen molar-refractivity contribution in [3.8, 4) is 0 Å². The third-order valence-corrected chi connectivity index (χ3v) is 2.68. The van der Waals surface area contributed by atoms with E-state index in [0.717, 1.165) is 0 Å². The highest BCUT2D eigenvalue weighted by molar-refractivity contribution is 5.90. The summed E-state index contributed by atoms with van der Waals surface area (Å²) in [5.74, 6) is -2.19. The Morgan fingerprint density at radius 2 is 1.67 bits per heavy atom. The smallest absolute Gasteiger partial charge is 0.309 e. The summed E-state index contributed by atoms with van der Waals surface area (Å²) in [6.07, 6.45) is 0.769. The van der Waals surface area contributed by atoms with Gasteiger partial charge in [0.25, 0.3) is 0 Å². The molecule has 0 aromatic carbocycles. The average Bonchev–Trinajstić information content (AvgIpc) is 2.26. The van der Waals surface area contributed by atoms with E-state index in [-0.39, 0.29) is 12.2 Å². The van der Waals surface area contributed by atoms with Crippen molar-refractivity contribution in [1.82, 2.24) is 0 Å². The van der Waals surface area contributed by atoms with Gasteiger partial charge >= 0.3 is 11.9 Å². The van der Waals surface area contributed by atoms with E-state index in [4.69, 9.17) is 0 Å². The van der Waals surface area contributed by atoms with Crippen LogP contribution in [0.5, 0.6) is 0 Å². The lowest BCUT2D eigenvalue weighted by Crippen LogP contribution is -2.37. The summed E-state index contributed by atoms with van der Waals surface area (Å²) in [7, 11) is 2.52. The van der Waals surface area contributed by atoms with E-state index >= 15 is 0 Å².